The maximum Gasteiger partial charge on any atom is 0.289 e. The number of aromatic nitrogens is 3. The number of carbonyl (C=O) groups is 1. The van der Waals surface area contributed by atoms with Gasteiger partial charge >= 0.3 is 0 Å². The first kappa shape index (κ1) is 29.5. The molecule has 13 heteroatoms. The van der Waals surface area contributed by atoms with Gasteiger partial charge in [0, 0.05) is 37.9 Å². The summed E-state index contributed by atoms with van der Waals surface area (Å²) in [6.45, 7) is 7.95. The van der Waals surface area contributed by atoms with Gasteiger partial charge in [0.05, 0.1) is 24.5 Å². The zero-order valence-corrected chi connectivity index (χ0v) is 23.5. The van der Waals surface area contributed by atoms with Crippen LogP contribution in [-0.2, 0) is 21.3 Å². The van der Waals surface area contributed by atoms with Gasteiger partial charge in [-0.3, -0.25) is 14.3 Å². The van der Waals surface area contributed by atoms with Gasteiger partial charge in [-0.2, -0.15) is 0 Å². The van der Waals surface area contributed by atoms with Gasteiger partial charge in [0.1, 0.15) is 11.5 Å². The minimum atomic E-state index is -3.57. The number of carbonyl (C=O) groups excluding carboxylic acids is 1. The average molecular weight is 573 g/mol. The molecule has 216 valence electrons. The molecule has 0 atom stereocenters. The van der Waals surface area contributed by atoms with Gasteiger partial charge in [0.15, 0.2) is 5.82 Å². The summed E-state index contributed by atoms with van der Waals surface area (Å²) in [6, 6.07) is 10.6. The Morgan fingerprint density at radius 3 is 2.42 bits per heavy atom. The van der Waals surface area contributed by atoms with Crippen molar-refractivity contribution in [3.8, 4) is 28.6 Å². The molecule has 0 radical (unpaired) electrons. The van der Waals surface area contributed by atoms with E-state index in [0.717, 1.165) is 25.2 Å². The van der Waals surface area contributed by atoms with Crippen LogP contribution in [0.4, 0.5) is 0 Å². The first-order valence-corrected chi connectivity index (χ1v) is 14.9. The van der Waals surface area contributed by atoms with Crippen molar-refractivity contribution in [2.24, 2.45) is 5.14 Å². The number of benzene rings is 2. The Bertz CT molecular complexity index is 1430. The molecule has 1 aliphatic heterocycles. The van der Waals surface area contributed by atoms with E-state index < -0.39 is 15.9 Å². The van der Waals surface area contributed by atoms with Crippen LogP contribution in [0, 0.1) is 0 Å². The summed E-state index contributed by atoms with van der Waals surface area (Å²) >= 11 is 0. The van der Waals surface area contributed by atoms with Gasteiger partial charge in [-0.15, -0.1) is 10.2 Å². The maximum atomic E-state index is 13.2. The molecule has 0 saturated carbocycles. The van der Waals surface area contributed by atoms with E-state index in [2.05, 4.69) is 20.4 Å². The number of hydrogen-bond acceptors (Lipinski definition) is 9. The zero-order valence-electron chi connectivity index (χ0n) is 22.7. The highest BCUT2D eigenvalue weighted by atomic mass is 32.2. The van der Waals surface area contributed by atoms with E-state index in [1.165, 1.54) is 6.07 Å². The highest BCUT2D eigenvalue weighted by molar-refractivity contribution is 7.89. The number of aromatic hydroxyl groups is 2. The molecule has 0 bridgehead atoms. The molecule has 40 heavy (non-hydrogen) atoms. The second-order valence-electron chi connectivity index (χ2n) is 10.2. The highest BCUT2D eigenvalue weighted by Crippen LogP contribution is 2.38. The normalized spacial score (nSPS) is 14.5. The van der Waals surface area contributed by atoms with Crippen LogP contribution in [0.2, 0.25) is 0 Å². The van der Waals surface area contributed by atoms with Crippen LogP contribution in [0.15, 0.2) is 36.4 Å². The Morgan fingerprint density at radius 1 is 1.07 bits per heavy atom. The number of hydrogen-bond donors (Lipinski definition) is 4. The number of nitrogens with one attached hydrogen (secondary N) is 1. The number of phenolic OH excluding ortho intramolecular Hbond substituents is 2. The van der Waals surface area contributed by atoms with Crippen molar-refractivity contribution in [2.45, 2.75) is 39.2 Å². The largest absolute Gasteiger partial charge is 0.508 e. The lowest BCUT2D eigenvalue weighted by atomic mass is 9.98. The number of nitrogens with two attached hydrogens (primary N) is 1. The fourth-order valence-corrected chi connectivity index (χ4v) is 5.17. The van der Waals surface area contributed by atoms with Crippen molar-refractivity contribution in [2.75, 3.05) is 38.6 Å². The van der Waals surface area contributed by atoms with Crippen molar-refractivity contribution in [3.63, 3.8) is 0 Å². The van der Waals surface area contributed by atoms with Crippen LogP contribution in [0.25, 0.3) is 17.1 Å². The molecule has 1 aromatic heterocycles. The summed E-state index contributed by atoms with van der Waals surface area (Å²) in [7, 11) is -3.57. The van der Waals surface area contributed by atoms with Crippen molar-refractivity contribution < 1.29 is 28.2 Å². The lowest BCUT2D eigenvalue weighted by Crippen LogP contribution is -2.35. The Morgan fingerprint density at radius 2 is 1.77 bits per heavy atom. The molecule has 2 heterocycles. The Balaban J connectivity index is 1.66. The molecule has 5 N–H and O–H groups in total. The Hall–Kier alpha value is -3.52. The summed E-state index contributed by atoms with van der Waals surface area (Å²) in [5.41, 5.74) is 2.64. The molecule has 0 spiro atoms. The summed E-state index contributed by atoms with van der Waals surface area (Å²) in [5, 5.41) is 37.3. The smallest absolute Gasteiger partial charge is 0.289 e. The van der Waals surface area contributed by atoms with Crippen LogP contribution in [0.1, 0.15) is 54.4 Å². The number of morpholine rings is 1. The summed E-state index contributed by atoms with van der Waals surface area (Å²) in [6.07, 6.45) is 0.719. The SMILES string of the molecule is CC(C)c1cc(-c2nnc(C(=O)NCCCCS(N)(=O)=O)n2-c2ccc(CN3CCOCC3)cc2)c(O)cc1O. The first-order valence-electron chi connectivity index (χ1n) is 13.2. The quantitative estimate of drug-likeness (QED) is 0.251. The van der Waals surface area contributed by atoms with Crippen molar-refractivity contribution >= 4 is 15.9 Å². The second kappa shape index (κ2) is 12.8. The molecule has 4 rings (SSSR count). The third kappa shape index (κ3) is 7.36. The van der Waals surface area contributed by atoms with E-state index in [4.69, 9.17) is 9.88 Å². The van der Waals surface area contributed by atoms with Gasteiger partial charge in [-0.25, -0.2) is 13.6 Å². The van der Waals surface area contributed by atoms with E-state index in [-0.39, 0.29) is 41.4 Å². The average Bonchev–Trinajstić information content (AvgIpc) is 3.33. The van der Waals surface area contributed by atoms with Crippen LogP contribution in [-0.4, -0.2) is 82.8 Å². The second-order valence-corrected chi connectivity index (χ2v) is 11.9. The number of primary sulfonamides is 1. The molecular weight excluding hydrogens is 536 g/mol. The summed E-state index contributed by atoms with van der Waals surface area (Å²) < 4.78 is 29.3. The Kier molecular flexibility index (Phi) is 9.40. The summed E-state index contributed by atoms with van der Waals surface area (Å²) in [4.78, 5) is 15.5. The van der Waals surface area contributed by atoms with E-state index in [1.807, 2.05) is 38.1 Å². The van der Waals surface area contributed by atoms with Crippen molar-refractivity contribution in [3.05, 3.63) is 53.3 Å². The van der Waals surface area contributed by atoms with Gasteiger partial charge in [-0.05, 0) is 48.1 Å². The lowest BCUT2D eigenvalue weighted by Gasteiger charge is -2.26. The monoisotopic (exact) mass is 572 g/mol. The van der Waals surface area contributed by atoms with Gasteiger partial charge < -0.3 is 20.3 Å². The number of unbranched alkanes of at least 4 members (excludes halogenated alkanes) is 1. The minimum absolute atomic E-state index is 0.000877. The maximum absolute atomic E-state index is 13.2. The van der Waals surface area contributed by atoms with Gasteiger partial charge in [-0.1, -0.05) is 26.0 Å². The minimum Gasteiger partial charge on any atom is -0.508 e. The number of phenols is 2. The molecule has 0 aliphatic carbocycles. The number of rotatable bonds is 11. The van der Waals surface area contributed by atoms with Crippen LogP contribution in [0.5, 0.6) is 11.5 Å². The molecule has 1 amide bonds. The molecule has 12 nitrogen and oxygen atoms in total. The van der Waals surface area contributed by atoms with Crippen molar-refractivity contribution in [1.82, 2.24) is 25.0 Å². The standard InChI is InChI=1S/C27H36N6O6S/c1-18(2)21-15-22(24(35)16-23(21)34)25-30-31-26(27(36)29-9-3-4-14-40(28,37)38)33(25)20-7-5-19(6-8-20)17-32-10-12-39-13-11-32/h5-8,15-16,18,34-35H,3-4,9-14,17H2,1-2H3,(H,29,36)(H2,28,37,38). The highest BCUT2D eigenvalue weighted by Gasteiger charge is 2.24. The predicted octanol–water partition coefficient (Wildman–Crippen LogP) is 2.10. The molecule has 3 aromatic rings. The molecule has 1 saturated heterocycles. The summed E-state index contributed by atoms with van der Waals surface area (Å²) in [5.74, 6) is -0.704. The van der Waals surface area contributed by atoms with E-state index >= 15 is 0 Å². The van der Waals surface area contributed by atoms with Crippen LogP contribution >= 0.6 is 0 Å². The Labute approximate surface area is 233 Å². The zero-order chi connectivity index (χ0) is 28.9. The van der Waals surface area contributed by atoms with E-state index in [0.29, 0.717) is 42.9 Å². The third-order valence-corrected chi connectivity index (χ3v) is 7.58. The molecule has 2 aromatic carbocycles. The van der Waals surface area contributed by atoms with Gasteiger partial charge in [0.2, 0.25) is 15.8 Å². The number of amides is 1. The van der Waals surface area contributed by atoms with Crippen LogP contribution in [0.3, 0.4) is 0 Å². The molecule has 0 unspecified atom stereocenters. The topological polar surface area (TPSA) is 173 Å². The number of nitrogens with zero attached hydrogens (tertiary/aromatic N) is 4. The fourth-order valence-electron chi connectivity index (χ4n) is 4.56. The number of sulfonamides is 1. The molecule has 1 aliphatic rings. The molecule has 1 fully saturated rings. The lowest BCUT2D eigenvalue weighted by molar-refractivity contribution is 0.0342. The van der Waals surface area contributed by atoms with Crippen LogP contribution < -0.4 is 10.5 Å². The third-order valence-electron chi connectivity index (χ3n) is 6.72. The fraction of sp³-hybridized carbons (Fsp3) is 0.444. The van der Waals surface area contributed by atoms with E-state index in [1.54, 1.807) is 10.6 Å². The molecular formula is C27H36N6O6S. The van der Waals surface area contributed by atoms with Crippen molar-refractivity contribution in [1.29, 1.82) is 0 Å². The predicted molar refractivity (Wildman–Crippen MR) is 150 cm³/mol. The first-order chi connectivity index (χ1) is 19.0. The van der Waals surface area contributed by atoms with Gasteiger partial charge in [0.25, 0.3) is 5.91 Å². The van der Waals surface area contributed by atoms with E-state index in [9.17, 15) is 23.4 Å². The number of ether oxygens (including phenoxy) is 1.